The third kappa shape index (κ3) is 4.85. The van der Waals surface area contributed by atoms with Crippen LogP contribution < -0.4 is 4.90 Å². The molecule has 1 aromatic heterocycles. The minimum Gasteiger partial charge on any atom is -0.362 e. The number of piperazine rings is 1. The second-order valence-corrected chi connectivity index (χ2v) is 4.54. The zero-order valence-electron chi connectivity index (χ0n) is 11.2. The molecule has 6 nitrogen and oxygen atoms in total. The highest BCUT2D eigenvalue weighted by atomic mass is 19.4. The first kappa shape index (κ1) is 15.5. The Morgan fingerprint density at radius 1 is 1.24 bits per heavy atom. The van der Waals surface area contributed by atoms with Crippen LogP contribution in [0, 0.1) is 0 Å². The van der Waals surface area contributed by atoms with Gasteiger partial charge in [-0.3, -0.25) is 9.78 Å². The quantitative estimate of drug-likeness (QED) is 0.820. The second kappa shape index (κ2) is 6.70. The third-order valence-corrected chi connectivity index (χ3v) is 3.00. The number of aromatic nitrogens is 2. The van der Waals surface area contributed by atoms with Crippen molar-refractivity contribution in [2.24, 2.45) is 0 Å². The molecule has 21 heavy (non-hydrogen) atoms. The van der Waals surface area contributed by atoms with Crippen molar-refractivity contribution in [2.75, 3.05) is 44.3 Å². The lowest BCUT2D eigenvalue weighted by Gasteiger charge is -2.35. The molecule has 1 amide bonds. The van der Waals surface area contributed by atoms with Gasteiger partial charge in [0, 0.05) is 38.6 Å². The minimum atomic E-state index is -4.41. The van der Waals surface area contributed by atoms with Crippen LogP contribution in [0.1, 0.15) is 0 Å². The summed E-state index contributed by atoms with van der Waals surface area (Å²) >= 11 is 0. The van der Waals surface area contributed by atoms with Crippen LogP contribution in [0.2, 0.25) is 0 Å². The van der Waals surface area contributed by atoms with E-state index >= 15 is 0 Å². The van der Waals surface area contributed by atoms with E-state index in [4.69, 9.17) is 0 Å². The maximum atomic E-state index is 11.9. The van der Waals surface area contributed by atoms with Crippen molar-refractivity contribution < 1.29 is 22.7 Å². The van der Waals surface area contributed by atoms with Crippen LogP contribution in [0.4, 0.5) is 19.0 Å². The number of carbonyl (C=O) groups is 1. The zero-order valence-corrected chi connectivity index (χ0v) is 11.2. The van der Waals surface area contributed by atoms with Crippen LogP contribution in [0.5, 0.6) is 0 Å². The number of anilines is 1. The van der Waals surface area contributed by atoms with Crippen LogP contribution in [0.25, 0.3) is 0 Å². The molecule has 2 heterocycles. The first-order valence-electron chi connectivity index (χ1n) is 6.39. The Bertz CT molecular complexity index is 461. The molecule has 0 aliphatic carbocycles. The molecule has 1 aromatic rings. The Kier molecular flexibility index (Phi) is 4.94. The first-order valence-corrected chi connectivity index (χ1v) is 6.39. The Hall–Kier alpha value is -1.90. The highest BCUT2D eigenvalue weighted by molar-refractivity contribution is 5.77. The molecular weight excluding hydrogens is 289 g/mol. The van der Waals surface area contributed by atoms with Gasteiger partial charge in [-0.2, -0.15) is 13.2 Å². The highest BCUT2D eigenvalue weighted by Crippen LogP contribution is 2.15. The average molecular weight is 304 g/mol. The van der Waals surface area contributed by atoms with Gasteiger partial charge in [-0.1, -0.05) is 0 Å². The summed E-state index contributed by atoms with van der Waals surface area (Å²) in [7, 11) is 0. The van der Waals surface area contributed by atoms with Gasteiger partial charge in [0.2, 0.25) is 5.91 Å². The molecule has 2 rings (SSSR count). The predicted octanol–water partition coefficient (Wildman–Crippen LogP) is 0.704. The van der Waals surface area contributed by atoms with Gasteiger partial charge in [0.05, 0.1) is 6.20 Å². The van der Waals surface area contributed by atoms with Gasteiger partial charge in [0.15, 0.2) is 0 Å². The first-order chi connectivity index (χ1) is 9.96. The monoisotopic (exact) mass is 304 g/mol. The van der Waals surface area contributed by atoms with Gasteiger partial charge in [-0.05, 0) is 0 Å². The van der Waals surface area contributed by atoms with Gasteiger partial charge in [-0.25, -0.2) is 4.98 Å². The number of carbonyl (C=O) groups excluding carboxylic acids is 1. The van der Waals surface area contributed by atoms with Gasteiger partial charge in [0.25, 0.3) is 0 Å². The molecule has 116 valence electrons. The largest absolute Gasteiger partial charge is 0.411 e. The van der Waals surface area contributed by atoms with Crippen molar-refractivity contribution in [1.82, 2.24) is 14.9 Å². The molecule has 9 heteroatoms. The van der Waals surface area contributed by atoms with Crippen LogP contribution in [0.15, 0.2) is 18.6 Å². The van der Waals surface area contributed by atoms with Crippen LogP contribution in [-0.2, 0) is 9.53 Å². The lowest BCUT2D eigenvalue weighted by Crippen LogP contribution is -2.50. The lowest BCUT2D eigenvalue weighted by atomic mass is 10.3. The van der Waals surface area contributed by atoms with E-state index in [1.54, 1.807) is 18.6 Å². The fourth-order valence-corrected chi connectivity index (χ4v) is 1.98. The molecule has 1 fully saturated rings. The topological polar surface area (TPSA) is 58.6 Å². The Morgan fingerprint density at radius 2 is 1.95 bits per heavy atom. The number of nitrogens with zero attached hydrogens (tertiary/aromatic N) is 4. The van der Waals surface area contributed by atoms with Crippen molar-refractivity contribution in [3.63, 3.8) is 0 Å². The summed E-state index contributed by atoms with van der Waals surface area (Å²) in [5.74, 6) is 0.288. The summed E-state index contributed by atoms with van der Waals surface area (Å²) in [6.45, 7) is 0.00589. The van der Waals surface area contributed by atoms with Gasteiger partial charge in [0.1, 0.15) is 19.0 Å². The molecule has 0 spiro atoms. The van der Waals surface area contributed by atoms with Gasteiger partial charge >= 0.3 is 6.18 Å². The Labute approximate surface area is 119 Å². The fraction of sp³-hybridized carbons (Fsp3) is 0.583. The van der Waals surface area contributed by atoms with E-state index in [2.05, 4.69) is 14.7 Å². The highest BCUT2D eigenvalue weighted by Gasteiger charge is 2.29. The summed E-state index contributed by atoms with van der Waals surface area (Å²) < 4.78 is 40.1. The van der Waals surface area contributed by atoms with E-state index in [0.717, 1.165) is 5.82 Å². The second-order valence-electron chi connectivity index (χ2n) is 4.54. The van der Waals surface area contributed by atoms with Crippen molar-refractivity contribution >= 4 is 11.7 Å². The van der Waals surface area contributed by atoms with Crippen molar-refractivity contribution in [3.05, 3.63) is 18.6 Å². The molecule has 1 aliphatic rings. The van der Waals surface area contributed by atoms with Crippen molar-refractivity contribution in [2.45, 2.75) is 6.18 Å². The molecule has 1 saturated heterocycles. The summed E-state index contributed by atoms with van der Waals surface area (Å²) in [6.07, 6.45) is 0.369. The number of hydrogen-bond donors (Lipinski definition) is 0. The van der Waals surface area contributed by atoms with E-state index in [9.17, 15) is 18.0 Å². The molecule has 0 bridgehead atoms. The molecule has 0 N–H and O–H groups in total. The standard InChI is InChI=1S/C12H15F3N4O2/c13-12(14,15)9-21-8-11(20)19-5-3-18(4-6-19)10-7-16-1-2-17-10/h1-2,7H,3-6,8-9H2. The van der Waals surface area contributed by atoms with E-state index in [1.165, 1.54) is 4.90 Å². The third-order valence-electron chi connectivity index (χ3n) is 3.00. The number of alkyl halides is 3. The molecular formula is C12H15F3N4O2. The normalized spacial score (nSPS) is 16.1. The lowest BCUT2D eigenvalue weighted by molar-refractivity contribution is -0.177. The molecule has 0 aromatic carbocycles. The summed E-state index contributed by atoms with van der Waals surface area (Å²) in [5, 5.41) is 0. The molecule has 0 atom stereocenters. The Morgan fingerprint density at radius 3 is 2.52 bits per heavy atom. The van der Waals surface area contributed by atoms with Crippen LogP contribution >= 0.6 is 0 Å². The van der Waals surface area contributed by atoms with E-state index in [-0.39, 0.29) is 0 Å². The summed E-state index contributed by atoms with van der Waals surface area (Å²) in [6, 6.07) is 0. The number of hydrogen-bond acceptors (Lipinski definition) is 5. The molecule has 0 saturated carbocycles. The summed E-state index contributed by atoms with van der Waals surface area (Å²) in [4.78, 5) is 23.3. The fourth-order valence-electron chi connectivity index (χ4n) is 1.98. The van der Waals surface area contributed by atoms with Crippen LogP contribution in [-0.4, -0.2) is 66.3 Å². The number of ether oxygens (including phenoxy) is 1. The number of halogens is 3. The van der Waals surface area contributed by atoms with Gasteiger partial charge in [-0.15, -0.1) is 0 Å². The van der Waals surface area contributed by atoms with E-state index < -0.39 is 25.3 Å². The van der Waals surface area contributed by atoms with Crippen molar-refractivity contribution in [3.8, 4) is 0 Å². The van der Waals surface area contributed by atoms with Gasteiger partial charge < -0.3 is 14.5 Å². The molecule has 1 aliphatic heterocycles. The number of rotatable bonds is 4. The maximum Gasteiger partial charge on any atom is 0.411 e. The minimum absolute atomic E-state index is 0.421. The van der Waals surface area contributed by atoms with Crippen molar-refractivity contribution in [1.29, 1.82) is 0 Å². The smallest absolute Gasteiger partial charge is 0.362 e. The molecule has 0 unspecified atom stereocenters. The van der Waals surface area contributed by atoms with E-state index in [0.29, 0.717) is 26.2 Å². The van der Waals surface area contributed by atoms with E-state index in [1.807, 2.05) is 4.90 Å². The molecule has 0 radical (unpaired) electrons. The Balaban J connectivity index is 1.75. The SMILES string of the molecule is O=C(COCC(F)(F)F)N1CCN(c2cnccn2)CC1. The summed E-state index contributed by atoms with van der Waals surface area (Å²) in [5.41, 5.74) is 0. The predicted molar refractivity (Wildman–Crippen MR) is 67.7 cm³/mol. The van der Waals surface area contributed by atoms with Crippen LogP contribution in [0.3, 0.4) is 0 Å². The maximum absolute atomic E-state index is 11.9. The zero-order chi connectivity index (χ0) is 15.3. The number of amides is 1. The average Bonchev–Trinajstić information content (AvgIpc) is 2.47.